The van der Waals surface area contributed by atoms with E-state index in [1.807, 2.05) is 0 Å². The molecule has 1 aromatic rings. The van der Waals surface area contributed by atoms with E-state index in [4.69, 9.17) is 31.4 Å². The Balaban J connectivity index is 0.000000258. The van der Waals surface area contributed by atoms with Crippen LogP contribution in [-0.2, 0) is 9.59 Å². The van der Waals surface area contributed by atoms with Crippen molar-refractivity contribution in [2.24, 2.45) is 0 Å². The van der Waals surface area contributed by atoms with Gasteiger partial charge in [0, 0.05) is 13.1 Å². The van der Waals surface area contributed by atoms with Crippen LogP contribution in [0.4, 0.5) is 0 Å². The van der Waals surface area contributed by atoms with Gasteiger partial charge in [-0.3, -0.25) is 0 Å². The summed E-state index contributed by atoms with van der Waals surface area (Å²) in [5.41, 5.74) is 2.06. The molecule has 0 unspecified atom stereocenters. The molecule has 0 aromatic carbocycles. The summed E-state index contributed by atoms with van der Waals surface area (Å²) in [6.45, 7) is 2.03. The summed E-state index contributed by atoms with van der Waals surface area (Å²) in [6, 6.07) is 0. The van der Waals surface area contributed by atoms with Crippen molar-refractivity contribution >= 4 is 40.8 Å². The minimum atomic E-state index is -1.82. The maximum atomic E-state index is 9.10. The molecule has 0 fully saturated rings. The molecular weight excluding hydrogens is 294 g/mol. The van der Waals surface area contributed by atoms with E-state index in [2.05, 4.69) is 26.8 Å². The lowest BCUT2D eigenvalue weighted by atomic mass is 10.1. The number of hydrogen-bond donors (Lipinski definition) is 2. The Kier molecular flexibility index (Phi) is 5.87. The summed E-state index contributed by atoms with van der Waals surface area (Å²) in [6.07, 6.45) is 3.27. The first-order valence-corrected chi connectivity index (χ1v) is 6.35. The van der Waals surface area contributed by atoms with Crippen LogP contribution in [0.15, 0.2) is 6.08 Å². The number of aromatic nitrogens is 2. The van der Waals surface area contributed by atoms with Gasteiger partial charge in [0.1, 0.15) is 5.69 Å². The summed E-state index contributed by atoms with van der Waals surface area (Å²) in [4.78, 5) is 20.5. The van der Waals surface area contributed by atoms with Gasteiger partial charge in [0.25, 0.3) is 0 Å². The van der Waals surface area contributed by atoms with Gasteiger partial charge in [-0.25, -0.2) is 9.59 Å². The van der Waals surface area contributed by atoms with Gasteiger partial charge in [0.2, 0.25) is 0 Å². The van der Waals surface area contributed by atoms with Gasteiger partial charge in [0.05, 0.1) is 11.7 Å². The number of likely N-dealkylation sites (N-methyl/N-ethyl adjacent to an activating group) is 1. The topological polar surface area (TPSA) is 104 Å². The van der Waals surface area contributed by atoms with Gasteiger partial charge in [-0.05, 0) is 19.0 Å². The van der Waals surface area contributed by atoms with E-state index in [0.717, 1.165) is 25.2 Å². The predicted octanol–water partition coefficient (Wildman–Crippen LogP) is 1.07. The number of carboxylic acid groups (broad SMARTS) is 2. The van der Waals surface area contributed by atoms with Crippen LogP contribution in [0.5, 0.6) is 0 Å². The molecule has 0 saturated carbocycles. The predicted molar refractivity (Wildman–Crippen MR) is 70.3 cm³/mol. The van der Waals surface area contributed by atoms with Gasteiger partial charge in [0.15, 0.2) is 5.15 Å². The Bertz CT molecular complexity index is 491. The fourth-order valence-corrected chi connectivity index (χ4v) is 2.22. The second-order valence-corrected chi connectivity index (χ2v) is 4.66. The maximum absolute atomic E-state index is 9.10. The van der Waals surface area contributed by atoms with Gasteiger partial charge in [-0.2, -0.15) is 8.75 Å². The average Bonchev–Trinajstić information content (AvgIpc) is 2.76. The highest BCUT2D eigenvalue weighted by Gasteiger charge is 2.15. The highest BCUT2D eigenvalue weighted by Crippen LogP contribution is 2.24. The van der Waals surface area contributed by atoms with Crippen LogP contribution in [0, 0.1) is 0 Å². The zero-order valence-corrected chi connectivity index (χ0v) is 11.6. The summed E-state index contributed by atoms with van der Waals surface area (Å²) in [5, 5.41) is 15.3. The van der Waals surface area contributed by atoms with E-state index >= 15 is 0 Å². The number of nitrogens with zero attached hydrogens (tertiary/aromatic N) is 3. The highest BCUT2D eigenvalue weighted by atomic mass is 35.5. The standard InChI is InChI=1S/C8H10ClN3S.C2H2O4/c1-12-4-2-3-6(5-12)7-8(9)11-13-10-7;3-1(4)2(5)6/h3H,2,4-5H2,1H3;(H,3,4)(H,5,6). The molecule has 19 heavy (non-hydrogen) atoms. The van der Waals surface area contributed by atoms with Crippen molar-refractivity contribution in [3.8, 4) is 0 Å². The minimum absolute atomic E-state index is 0.534. The fourth-order valence-electron chi connectivity index (χ4n) is 1.43. The van der Waals surface area contributed by atoms with E-state index in [0.29, 0.717) is 5.15 Å². The third kappa shape index (κ3) is 4.93. The van der Waals surface area contributed by atoms with Crippen LogP contribution in [0.1, 0.15) is 12.1 Å². The van der Waals surface area contributed by atoms with Crippen molar-refractivity contribution < 1.29 is 19.8 Å². The fraction of sp³-hybridized carbons (Fsp3) is 0.400. The second-order valence-electron chi connectivity index (χ2n) is 3.77. The molecule has 7 nitrogen and oxygen atoms in total. The molecule has 9 heteroatoms. The Hall–Kier alpha value is -1.51. The molecular formula is C10H12ClN3O4S. The summed E-state index contributed by atoms with van der Waals surface area (Å²) >= 11 is 7.07. The molecule has 0 atom stereocenters. The Morgan fingerprint density at radius 1 is 1.37 bits per heavy atom. The van der Waals surface area contributed by atoms with Crippen molar-refractivity contribution in [1.82, 2.24) is 13.6 Å². The van der Waals surface area contributed by atoms with Crippen LogP contribution in [0.25, 0.3) is 5.57 Å². The number of halogens is 1. The molecule has 2 rings (SSSR count). The molecule has 0 spiro atoms. The molecule has 0 aliphatic carbocycles. The van der Waals surface area contributed by atoms with Gasteiger partial charge < -0.3 is 15.1 Å². The lowest BCUT2D eigenvalue weighted by Gasteiger charge is -2.21. The quantitative estimate of drug-likeness (QED) is 0.748. The van der Waals surface area contributed by atoms with Gasteiger partial charge >= 0.3 is 11.9 Å². The van der Waals surface area contributed by atoms with E-state index < -0.39 is 11.9 Å². The molecule has 0 amide bonds. The molecule has 1 aromatic heterocycles. The molecule has 1 aliphatic heterocycles. The number of carbonyl (C=O) groups is 2. The van der Waals surface area contributed by atoms with Crippen molar-refractivity contribution in [2.75, 3.05) is 20.1 Å². The zero-order chi connectivity index (χ0) is 14.4. The third-order valence-electron chi connectivity index (χ3n) is 2.28. The van der Waals surface area contributed by atoms with Crippen LogP contribution < -0.4 is 0 Å². The van der Waals surface area contributed by atoms with Crippen molar-refractivity contribution in [2.45, 2.75) is 6.42 Å². The van der Waals surface area contributed by atoms with E-state index in [1.165, 1.54) is 17.3 Å². The molecule has 2 N–H and O–H groups in total. The zero-order valence-electron chi connectivity index (χ0n) is 10.0. The SMILES string of the molecule is CN1CCC=C(c2nsnc2Cl)C1.O=C(O)C(=O)O. The Morgan fingerprint density at radius 2 is 2.00 bits per heavy atom. The molecule has 0 saturated heterocycles. The number of hydrogen-bond acceptors (Lipinski definition) is 6. The Labute approximate surface area is 118 Å². The van der Waals surface area contributed by atoms with Gasteiger partial charge in [-0.1, -0.05) is 17.7 Å². The highest BCUT2D eigenvalue weighted by molar-refractivity contribution is 6.99. The van der Waals surface area contributed by atoms with Crippen molar-refractivity contribution in [3.63, 3.8) is 0 Å². The van der Waals surface area contributed by atoms with Crippen LogP contribution in [-0.4, -0.2) is 55.9 Å². The first-order valence-electron chi connectivity index (χ1n) is 5.24. The lowest BCUT2D eigenvalue weighted by Crippen LogP contribution is -2.25. The smallest absolute Gasteiger partial charge is 0.414 e. The summed E-state index contributed by atoms with van der Waals surface area (Å²) < 4.78 is 8.13. The molecule has 0 radical (unpaired) electrons. The average molecular weight is 306 g/mol. The van der Waals surface area contributed by atoms with E-state index in [9.17, 15) is 0 Å². The van der Waals surface area contributed by atoms with Crippen molar-refractivity contribution in [1.29, 1.82) is 0 Å². The van der Waals surface area contributed by atoms with Crippen LogP contribution >= 0.6 is 23.3 Å². The second kappa shape index (κ2) is 7.17. The van der Waals surface area contributed by atoms with Crippen molar-refractivity contribution in [3.05, 3.63) is 16.9 Å². The summed E-state index contributed by atoms with van der Waals surface area (Å²) in [5.74, 6) is -3.65. The third-order valence-corrected chi connectivity index (χ3v) is 3.17. The Morgan fingerprint density at radius 3 is 2.42 bits per heavy atom. The molecule has 0 bridgehead atoms. The van der Waals surface area contributed by atoms with Gasteiger partial charge in [-0.15, -0.1) is 0 Å². The minimum Gasteiger partial charge on any atom is -0.473 e. The number of carboxylic acids is 2. The lowest BCUT2D eigenvalue weighted by molar-refractivity contribution is -0.159. The normalized spacial score (nSPS) is 15.2. The van der Waals surface area contributed by atoms with E-state index in [-0.39, 0.29) is 0 Å². The number of rotatable bonds is 1. The largest absolute Gasteiger partial charge is 0.473 e. The van der Waals surface area contributed by atoms with Crippen LogP contribution in [0.2, 0.25) is 5.15 Å². The maximum Gasteiger partial charge on any atom is 0.414 e. The van der Waals surface area contributed by atoms with E-state index in [1.54, 1.807) is 0 Å². The van der Waals surface area contributed by atoms with Crippen LogP contribution in [0.3, 0.4) is 0 Å². The monoisotopic (exact) mass is 305 g/mol. The summed E-state index contributed by atoms with van der Waals surface area (Å²) in [7, 11) is 2.10. The molecule has 104 valence electrons. The number of aliphatic carboxylic acids is 2. The molecule has 2 heterocycles. The first kappa shape index (κ1) is 15.5. The first-order chi connectivity index (χ1) is 8.91. The molecule has 1 aliphatic rings.